The minimum absolute atomic E-state index is 0.295. The van der Waals surface area contributed by atoms with Crippen LogP contribution in [0, 0.1) is 0 Å². The zero-order valence-electron chi connectivity index (χ0n) is 17.1. The number of rotatable bonds is 9. The van der Waals surface area contributed by atoms with Gasteiger partial charge in [0.05, 0.1) is 0 Å². The van der Waals surface area contributed by atoms with Crippen LogP contribution < -0.4 is 14.8 Å². The van der Waals surface area contributed by atoms with E-state index in [9.17, 15) is 0 Å². The van der Waals surface area contributed by atoms with Crippen molar-refractivity contribution in [2.24, 2.45) is 0 Å². The molecule has 0 fully saturated rings. The molecule has 3 heteroatoms. The average molecular weight is 438 g/mol. The van der Waals surface area contributed by atoms with E-state index in [-0.39, 0.29) is 15.0 Å². The molecule has 1 nitrogen and oxygen atoms in total. The second-order valence-corrected chi connectivity index (χ2v) is 11.2. The first-order valence-electron chi connectivity index (χ1n) is 9.86. The van der Waals surface area contributed by atoms with Gasteiger partial charge in [0.1, 0.15) is 0 Å². The second-order valence-electron chi connectivity index (χ2n) is 5.92. The fraction of sp³-hybridized carbons (Fsp3) is 0.0833. The molecule has 3 aromatic carbocycles. The van der Waals surface area contributed by atoms with Crippen molar-refractivity contribution in [2.75, 3.05) is 6.61 Å². The van der Waals surface area contributed by atoms with E-state index in [0.29, 0.717) is 6.61 Å². The van der Waals surface area contributed by atoms with Crippen molar-refractivity contribution >= 4 is 38.1 Å². The van der Waals surface area contributed by atoms with Crippen LogP contribution in [0.4, 0.5) is 0 Å². The van der Waals surface area contributed by atoms with Gasteiger partial charge in [0.2, 0.25) is 0 Å². The molecule has 0 atom stereocenters. The Kier molecular flexibility index (Phi) is 6.44. The van der Waals surface area contributed by atoms with Gasteiger partial charge in [-0.15, -0.1) is 0 Å². The van der Waals surface area contributed by atoms with Gasteiger partial charge in [0, 0.05) is 0 Å². The van der Waals surface area contributed by atoms with Crippen LogP contribution in [0.15, 0.2) is 115 Å². The summed E-state index contributed by atoms with van der Waals surface area (Å²) in [5.41, 5.74) is 1.95. The van der Waals surface area contributed by atoms with Crippen LogP contribution in [0.1, 0.15) is 2.74 Å². The molecule has 0 aliphatic carbocycles. The van der Waals surface area contributed by atoms with Crippen LogP contribution in [0.25, 0.3) is 0 Å². The molecular formula is C24H24OSeSi. The van der Waals surface area contributed by atoms with Gasteiger partial charge in [-0.1, -0.05) is 0 Å². The summed E-state index contributed by atoms with van der Waals surface area (Å²) in [5.74, 6) is 0. The van der Waals surface area contributed by atoms with Gasteiger partial charge < -0.3 is 0 Å². The number of hydrogen-bond donors (Lipinski definition) is 0. The Balaban J connectivity index is 1.77. The first kappa shape index (κ1) is 17.0. The Morgan fingerprint density at radius 1 is 0.815 bits per heavy atom. The third kappa shape index (κ3) is 5.18. The summed E-state index contributed by atoms with van der Waals surface area (Å²) < 4.78 is 24.1. The van der Waals surface area contributed by atoms with Crippen LogP contribution in [0.5, 0.6) is 0 Å². The summed E-state index contributed by atoms with van der Waals surface area (Å²) in [7, 11) is -2.60. The van der Waals surface area contributed by atoms with E-state index in [2.05, 4.69) is 30.8 Å². The van der Waals surface area contributed by atoms with E-state index in [0.717, 1.165) is 14.8 Å². The molecular weight excluding hydrogens is 411 g/mol. The third-order valence-corrected chi connectivity index (χ3v) is 9.38. The van der Waals surface area contributed by atoms with E-state index in [1.807, 2.05) is 78.5 Å². The van der Waals surface area contributed by atoms with Gasteiger partial charge in [-0.3, -0.25) is 0 Å². The maximum atomic E-state index is 8.31. The van der Waals surface area contributed by atoms with Gasteiger partial charge >= 0.3 is 173 Å². The number of benzene rings is 3. The number of allylic oxidation sites excluding steroid dienone is 1. The fourth-order valence-electron chi connectivity index (χ4n) is 2.87. The predicted molar refractivity (Wildman–Crippen MR) is 120 cm³/mol. The third-order valence-electron chi connectivity index (χ3n) is 4.21. The van der Waals surface area contributed by atoms with Gasteiger partial charge in [0.15, 0.2) is 0 Å². The Morgan fingerprint density at radius 2 is 1.33 bits per heavy atom. The summed E-state index contributed by atoms with van der Waals surface area (Å²) in [4.78, 5) is 0. The first-order valence-corrected chi connectivity index (χ1v) is 12.6. The van der Waals surface area contributed by atoms with Crippen molar-refractivity contribution < 1.29 is 7.17 Å². The molecule has 0 heterocycles. The summed E-state index contributed by atoms with van der Waals surface area (Å²) in [6.07, 6.45) is 3.44. The molecule has 0 saturated carbocycles. The Bertz CT molecular complexity index is 891. The van der Waals surface area contributed by atoms with Gasteiger partial charge in [0.25, 0.3) is 0 Å². The molecule has 136 valence electrons. The Morgan fingerprint density at radius 3 is 1.85 bits per heavy atom. The van der Waals surface area contributed by atoms with Crippen molar-refractivity contribution in [3.05, 3.63) is 115 Å². The molecule has 0 amide bonds. The maximum absolute atomic E-state index is 8.31. The fourth-order valence-corrected chi connectivity index (χ4v) is 7.10. The van der Waals surface area contributed by atoms with E-state index in [1.54, 1.807) is 6.08 Å². The molecule has 0 bridgehead atoms. The van der Waals surface area contributed by atoms with Gasteiger partial charge in [-0.05, 0) is 0 Å². The number of hydrogen-bond acceptors (Lipinski definition) is 1. The van der Waals surface area contributed by atoms with Gasteiger partial charge in [-0.25, -0.2) is 0 Å². The van der Waals surface area contributed by atoms with Crippen LogP contribution in [-0.2, 0) is 4.43 Å². The molecule has 0 unspecified atom stereocenters. The van der Waals surface area contributed by atoms with Crippen molar-refractivity contribution in [3.8, 4) is 0 Å². The normalized spacial score (nSPS) is 13.2. The zero-order chi connectivity index (χ0) is 20.6. The summed E-state index contributed by atoms with van der Waals surface area (Å²) >= 11 is -0.295. The van der Waals surface area contributed by atoms with Crippen molar-refractivity contribution in [2.45, 2.75) is 5.27 Å². The van der Waals surface area contributed by atoms with Gasteiger partial charge in [-0.2, -0.15) is 0 Å². The molecule has 0 aromatic heterocycles. The SMILES string of the molecule is [2H]C([2H])(/C=C/CO[Si](C=C)(c1ccccc1)c1ccccc1)[Se]c1ccccc1. The Labute approximate surface area is 172 Å². The molecule has 0 aliphatic heterocycles. The van der Waals surface area contributed by atoms with Crippen molar-refractivity contribution in [3.63, 3.8) is 0 Å². The minimum atomic E-state index is -2.60. The van der Waals surface area contributed by atoms with Crippen LogP contribution in [-0.4, -0.2) is 29.9 Å². The standard InChI is InChI=1S/C24H24OSeSi/c1-2-27(23-16-8-4-9-17-23,24-18-10-5-11-19-24)25-20-12-13-21-26-22-14-6-3-7-15-22/h2-19H,1,20-21H2/b13-12+/i21D2. The monoisotopic (exact) mass is 438 g/mol. The molecule has 3 aromatic rings. The molecule has 3 rings (SSSR count). The molecule has 0 saturated heterocycles. The van der Waals surface area contributed by atoms with E-state index in [4.69, 9.17) is 7.17 Å². The summed E-state index contributed by atoms with van der Waals surface area (Å²) in [5, 5.41) is 0.896. The molecule has 0 aliphatic rings. The van der Waals surface area contributed by atoms with Crippen LogP contribution >= 0.6 is 0 Å². The topological polar surface area (TPSA) is 9.23 Å². The first-order chi connectivity index (χ1) is 14.1. The molecule has 0 spiro atoms. The van der Waals surface area contributed by atoms with E-state index >= 15 is 0 Å². The molecule has 0 N–H and O–H groups in total. The van der Waals surface area contributed by atoms with E-state index in [1.165, 1.54) is 0 Å². The molecule has 0 radical (unpaired) electrons. The zero-order valence-corrected chi connectivity index (χ0v) is 17.8. The molecule has 27 heavy (non-hydrogen) atoms. The predicted octanol–water partition coefficient (Wildman–Crippen LogP) is 3.49. The van der Waals surface area contributed by atoms with Crippen molar-refractivity contribution in [1.82, 2.24) is 0 Å². The Hall–Kier alpha value is -2.16. The van der Waals surface area contributed by atoms with Crippen LogP contribution in [0.2, 0.25) is 5.27 Å². The quantitative estimate of drug-likeness (QED) is 0.368. The van der Waals surface area contributed by atoms with Crippen LogP contribution in [0.3, 0.4) is 0 Å². The van der Waals surface area contributed by atoms with E-state index < -0.39 is 13.6 Å². The average Bonchev–Trinajstić information content (AvgIpc) is 2.76. The second kappa shape index (κ2) is 10.2. The summed E-state index contributed by atoms with van der Waals surface area (Å²) in [6, 6.07) is 30.2. The summed E-state index contributed by atoms with van der Waals surface area (Å²) in [6.45, 7) is 4.45. The van der Waals surface area contributed by atoms with Crippen molar-refractivity contribution in [1.29, 1.82) is 0 Å².